The van der Waals surface area contributed by atoms with E-state index in [4.69, 9.17) is 10.8 Å². The van der Waals surface area contributed by atoms with E-state index in [2.05, 4.69) is 34.1 Å². The molecule has 3 heterocycles. The molecule has 9 heteroatoms. The van der Waals surface area contributed by atoms with E-state index in [1.54, 1.807) is 6.20 Å². The maximum Gasteiger partial charge on any atom is 0.278 e. The normalized spacial score (nSPS) is 17.1. The number of nitrogens with one attached hydrogen (secondary N) is 1. The summed E-state index contributed by atoms with van der Waals surface area (Å²) < 4.78 is 1.98. The molecule has 1 amide bonds. The zero-order valence-electron chi connectivity index (χ0n) is 16.0. The molecule has 8 nitrogen and oxygen atoms in total. The van der Waals surface area contributed by atoms with Crippen LogP contribution in [0.2, 0.25) is 0 Å². The predicted octanol–water partition coefficient (Wildman–Crippen LogP) is 3.11. The number of aryl methyl sites for hydroxylation is 1. The van der Waals surface area contributed by atoms with Gasteiger partial charge in [0.2, 0.25) is 5.95 Å². The Morgan fingerprint density at radius 2 is 2.14 bits per heavy atom. The van der Waals surface area contributed by atoms with Gasteiger partial charge in [0.05, 0.1) is 23.1 Å². The molecule has 0 aliphatic heterocycles. The van der Waals surface area contributed by atoms with Crippen molar-refractivity contribution in [1.82, 2.24) is 24.7 Å². The minimum atomic E-state index is -0.277. The third-order valence-corrected chi connectivity index (χ3v) is 6.15. The van der Waals surface area contributed by atoms with Crippen LogP contribution in [0.15, 0.2) is 11.6 Å². The molecule has 0 atom stereocenters. The Morgan fingerprint density at radius 1 is 1.36 bits per heavy atom. The fourth-order valence-corrected chi connectivity index (χ4v) is 4.61. The number of thiazole rings is 1. The summed E-state index contributed by atoms with van der Waals surface area (Å²) in [6.45, 7) is 6.17. The maximum atomic E-state index is 13.1. The molecule has 0 saturated heterocycles. The van der Waals surface area contributed by atoms with E-state index in [0.717, 1.165) is 47.5 Å². The van der Waals surface area contributed by atoms with Crippen LogP contribution >= 0.6 is 11.3 Å². The highest BCUT2D eigenvalue weighted by Gasteiger charge is 2.42. The summed E-state index contributed by atoms with van der Waals surface area (Å²) in [6, 6.07) is 0.301. The van der Waals surface area contributed by atoms with Gasteiger partial charge in [-0.25, -0.2) is 15.0 Å². The standard InChI is InChI=1S/C19H21N7OS/c1-9-8-28-18(22-9)24-16(27)14-12-15(26(25-14)11-4-5-11)13-10(6-19(12,2)3)7-21-17(20)23-13/h7-8,11H,4-6H2,1-3H3,(H2,20,21,23)(H,22,24,27). The molecular formula is C19H21N7OS. The molecule has 28 heavy (non-hydrogen) atoms. The number of nitrogen functional groups attached to an aromatic ring is 1. The predicted molar refractivity (Wildman–Crippen MR) is 107 cm³/mol. The third-order valence-electron chi connectivity index (χ3n) is 5.27. The van der Waals surface area contributed by atoms with Gasteiger partial charge < -0.3 is 5.73 Å². The molecule has 0 unspecified atom stereocenters. The van der Waals surface area contributed by atoms with E-state index >= 15 is 0 Å². The Kier molecular flexibility index (Phi) is 3.61. The van der Waals surface area contributed by atoms with E-state index in [1.807, 2.05) is 17.0 Å². The molecule has 3 aromatic heterocycles. The first kappa shape index (κ1) is 17.3. The van der Waals surface area contributed by atoms with Gasteiger partial charge in [-0.3, -0.25) is 14.8 Å². The fraction of sp³-hybridized carbons (Fsp3) is 0.421. The van der Waals surface area contributed by atoms with Crippen LogP contribution in [0, 0.1) is 6.92 Å². The average molecular weight is 395 g/mol. The number of anilines is 2. The molecule has 144 valence electrons. The molecule has 0 radical (unpaired) electrons. The molecule has 0 bridgehead atoms. The van der Waals surface area contributed by atoms with Crippen molar-refractivity contribution in [2.24, 2.45) is 0 Å². The quantitative estimate of drug-likeness (QED) is 0.705. The molecule has 5 rings (SSSR count). The Hall–Kier alpha value is -2.81. The molecule has 2 aliphatic carbocycles. The van der Waals surface area contributed by atoms with Crippen molar-refractivity contribution in [2.45, 2.75) is 51.5 Å². The number of nitrogens with two attached hydrogens (primary N) is 1. The van der Waals surface area contributed by atoms with Crippen molar-refractivity contribution in [3.8, 4) is 11.4 Å². The second-order valence-corrected chi connectivity index (χ2v) is 9.02. The molecule has 0 spiro atoms. The molecule has 3 aromatic rings. The van der Waals surface area contributed by atoms with Gasteiger partial charge in [-0.2, -0.15) is 5.10 Å². The van der Waals surface area contributed by atoms with Gasteiger partial charge in [-0.1, -0.05) is 13.8 Å². The lowest BCUT2D eigenvalue weighted by molar-refractivity contribution is 0.101. The Morgan fingerprint density at radius 3 is 2.82 bits per heavy atom. The van der Waals surface area contributed by atoms with Gasteiger partial charge in [0.1, 0.15) is 0 Å². The van der Waals surface area contributed by atoms with Crippen molar-refractivity contribution < 1.29 is 4.79 Å². The largest absolute Gasteiger partial charge is 0.368 e. The second-order valence-electron chi connectivity index (χ2n) is 8.16. The van der Waals surface area contributed by atoms with Crippen LogP contribution in [0.3, 0.4) is 0 Å². The fourth-order valence-electron chi connectivity index (χ4n) is 3.93. The first-order valence-corrected chi connectivity index (χ1v) is 10.2. The van der Waals surface area contributed by atoms with Crippen LogP contribution in [-0.4, -0.2) is 30.6 Å². The zero-order valence-corrected chi connectivity index (χ0v) is 16.8. The summed E-state index contributed by atoms with van der Waals surface area (Å²) in [5, 5.41) is 10.2. The van der Waals surface area contributed by atoms with E-state index in [9.17, 15) is 4.79 Å². The van der Waals surface area contributed by atoms with E-state index < -0.39 is 0 Å². The van der Waals surface area contributed by atoms with Crippen molar-refractivity contribution in [3.63, 3.8) is 0 Å². The number of nitrogens with zero attached hydrogens (tertiary/aromatic N) is 5. The minimum Gasteiger partial charge on any atom is -0.368 e. The number of aromatic nitrogens is 5. The lowest BCUT2D eigenvalue weighted by Crippen LogP contribution is -2.29. The molecule has 3 N–H and O–H groups in total. The zero-order chi connectivity index (χ0) is 19.6. The summed E-state index contributed by atoms with van der Waals surface area (Å²) in [6.07, 6.45) is 4.63. The lowest BCUT2D eigenvalue weighted by Gasteiger charge is -2.31. The number of hydrogen-bond acceptors (Lipinski definition) is 7. The highest BCUT2D eigenvalue weighted by molar-refractivity contribution is 7.13. The summed E-state index contributed by atoms with van der Waals surface area (Å²) in [5.74, 6) is 0.000711. The van der Waals surface area contributed by atoms with Crippen molar-refractivity contribution in [1.29, 1.82) is 0 Å². The van der Waals surface area contributed by atoms with E-state index in [-0.39, 0.29) is 17.3 Å². The Labute approximate surface area is 166 Å². The smallest absolute Gasteiger partial charge is 0.278 e. The Balaban J connectivity index is 1.68. The Bertz CT molecular complexity index is 1110. The number of amides is 1. The monoisotopic (exact) mass is 395 g/mol. The van der Waals surface area contributed by atoms with Crippen LogP contribution < -0.4 is 11.1 Å². The number of carbonyl (C=O) groups is 1. The SMILES string of the molecule is Cc1csc(NC(=O)c2nn(C3CC3)c3c2C(C)(C)Cc2cnc(N)nc2-3)n1. The average Bonchev–Trinajstić information content (AvgIpc) is 3.26. The maximum absolute atomic E-state index is 13.1. The van der Waals surface area contributed by atoms with E-state index in [1.165, 1.54) is 11.3 Å². The first-order chi connectivity index (χ1) is 13.3. The molecule has 0 aromatic carbocycles. The summed E-state index contributed by atoms with van der Waals surface area (Å²) in [5.41, 5.74) is 10.6. The van der Waals surface area contributed by atoms with Crippen molar-refractivity contribution >= 4 is 28.3 Å². The summed E-state index contributed by atoms with van der Waals surface area (Å²) in [4.78, 5) is 26.2. The second kappa shape index (κ2) is 5.84. The molecule has 1 fully saturated rings. The highest BCUT2D eigenvalue weighted by Crippen LogP contribution is 2.48. The highest BCUT2D eigenvalue weighted by atomic mass is 32.1. The number of carbonyl (C=O) groups excluding carboxylic acids is 1. The molecule has 1 saturated carbocycles. The van der Waals surface area contributed by atoms with Gasteiger partial charge in [0.25, 0.3) is 5.91 Å². The summed E-state index contributed by atoms with van der Waals surface area (Å²) in [7, 11) is 0. The number of fused-ring (bicyclic) bond motifs is 3. The van der Waals surface area contributed by atoms with Gasteiger partial charge in [-0.05, 0) is 37.2 Å². The third kappa shape index (κ3) is 2.69. The van der Waals surface area contributed by atoms with Crippen LogP contribution in [0.25, 0.3) is 11.4 Å². The minimum absolute atomic E-state index is 0.233. The van der Waals surface area contributed by atoms with E-state index in [0.29, 0.717) is 16.9 Å². The van der Waals surface area contributed by atoms with Crippen LogP contribution in [0.4, 0.5) is 11.1 Å². The first-order valence-electron chi connectivity index (χ1n) is 9.32. The van der Waals surface area contributed by atoms with Crippen molar-refractivity contribution in [3.05, 3.63) is 34.1 Å². The van der Waals surface area contributed by atoms with Crippen LogP contribution in [-0.2, 0) is 11.8 Å². The van der Waals surface area contributed by atoms with Crippen LogP contribution in [0.1, 0.15) is 60.0 Å². The molecular weight excluding hydrogens is 374 g/mol. The molecule has 2 aliphatic rings. The van der Waals surface area contributed by atoms with Crippen LogP contribution in [0.5, 0.6) is 0 Å². The summed E-state index contributed by atoms with van der Waals surface area (Å²) >= 11 is 1.41. The number of rotatable bonds is 3. The van der Waals surface area contributed by atoms with Crippen molar-refractivity contribution in [2.75, 3.05) is 11.1 Å². The van der Waals surface area contributed by atoms with Gasteiger partial charge in [-0.15, -0.1) is 11.3 Å². The topological polar surface area (TPSA) is 112 Å². The number of hydrogen-bond donors (Lipinski definition) is 2. The van der Waals surface area contributed by atoms with Gasteiger partial charge in [0.15, 0.2) is 10.8 Å². The lowest BCUT2D eigenvalue weighted by atomic mass is 9.73. The van der Waals surface area contributed by atoms with Gasteiger partial charge in [0, 0.05) is 17.1 Å². The van der Waals surface area contributed by atoms with Gasteiger partial charge >= 0.3 is 0 Å².